The van der Waals surface area contributed by atoms with Gasteiger partial charge in [0.05, 0.1) is 6.10 Å². The Morgan fingerprint density at radius 1 is 1.47 bits per heavy atom. The zero-order valence-corrected chi connectivity index (χ0v) is 10.3. The van der Waals surface area contributed by atoms with Gasteiger partial charge in [0.25, 0.3) is 0 Å². The molecule has 15 heavy (non-hydrogen) atoms. The summed E-state index contributed by atoms with van der Waals surface area (Å²) in [6.07, 6.45) is 3.08. The fraction of sp³-hybridized carbons (Fsp3) is 0.250. The SMILES string of the molecule is CC(C)OC(=O)/C=C/c1cccc(Br)c1. The summed E-state index contributed by atoms with van der Waals surface area (Å²) in [5, 5.41) is 0. The second-order valence-electron chi connectivity index (χ2n) is 3.37. The van der Waals surface area contributed by atoms with Gasteiger partial charge in [-0.15, -0.1) is 0 Å². The first-order valence-electron chi connectivity index (χ1n) is 4.72. The number of rotatable bonds is 3. The number of esters is 1. The van der Waals surface area contributed by atoms with Crippen LogP contribution < -0.4 is 0 Å². The highest BCUT2D eigenvalue weighted by molar-refractivity contribution is 9.10. The Morgan fingerprint density at radius 3 is 2.80 bits per heavy atom. The van der Waals surface area contributed by atoms with Crippen molar-refractivity contribution in [3.05, 3.63) is 40.4 Å². The zero-order valence-electron chi connectivity index (χ0n) is 8.74. The topological polar surface area (TPSA) is 26.3 Å². The highest BCUT2D eigenvalue weighted by Gasteiger charge is 1.99. The van der Waals surface area contributed by atoms with Crippen molar-refractivity contribution in [3.63, 3.8) is 0 Å². The van der Waals surface area contributed by atoms with E-state index in [1.54, 1.807) is 6.08 Å². The number of ether oxygens (including phenoxy) is 1. The summed E-state index contributed by atoms with van der Waals surface area (Å²) in [5.41, 5.74) is 0.963. The molecule has 0 aromatic heterocycles. The predicted molar refractivity (Wildman–Crippen MR) is 64.4 cm³/mol. The van der Waals surface area contributed by atoms with Crippen molar-refractivity contribution in [2.75, 3.05) is 0 Å². The summed E-state index contributed by atoms with van der Waals surface area (Å²) in [6, 6.07) is 7.70. The van der Waals surface area contributed by atoms with E-state index >= 15 is 0 Å². The Balaban J connectivity index is 2.61. The molecule has 80 valence electrons. The molecule has 0 saturated heterocycles. The van der Waals surface area contributed by atoms with Gasteiger partial charge in [-0.2, -0.15) is 0 Å². The zero-order chi connectivity index (χ0) is 11.3. The van der Waals surface area contributed by atoms with Crippen LogP contribution in [0.15, 0.2) is 34.8 Å². The molecule has 0 amide bonds. The maximum atomic E-state index is 11.2. The monoisotopic (exact) mass is 268 g/mol. The van der Waals surface area contributed by atoms with Crippen LogP contribution in [0.1, 0.15) is 19.4 Å². The second kappa shape index (κ2) is 5.71. The minimum absolute atomic E-state index is 0.0790. The molecular weight excluding hydrogens is 256 g/mol. The first-order valence-corrected chi connectivity index (χ1v) is 5.51. The third kappa shape index (κ3) is 4.79. The molecule has 0 radical (unpaired) electrons. The fourth-order valence-electron chi connectivity index (χ4n) is 1.05. The van der Waals surface area contributed by atoms with Gasteiger partial charge in [0.2, 0.25) is 0 Å². The minimum atomic E-state index is -0.315. The van der Waals surface area contributed by atoms with Crippen molar-refractivity contribution < 1.29 is 9.53 Å². The molecule has 0 aliphatic heterocycles. The van der Waals surface area contributed by atoms with Gasteiger partial charge in [-0.1, -0.05) is 28.1 Å². The summed E-state index contributed by atoms with van der Waals surface area (Å²) in [4.78, 5) is 11.2. The van der Waals surface area contributed by atoms with Crippen molar-refractivity contribution in [3.8, 4) is 0 Å². The first-order chi connectivity index (χ1) is 7.08. The van der Waals surface area contributed by atoms with Gasteiger partial charge in [0, 0.05) is 10.5 Å². The van der Waals surface area contributed by atoms with Crippen molar-refractivity contribution in [2.45, 2.75) is 20.0 Å². The maximum absolute atomic E-state index is 11.2. The largest absolute Gasteiger partial charge is 0.460 e. The van der Waals surface area contributed by atoms with Crippen LogP contribution in [0.4, 0.5) is 0 Å². The van der Waals surface area contributed by atoms with Crippen LogP contribution in [0, 0.1) is 0 Å². The Kier molecular flexibility index (Phi) is 4.56. The molecule has 0 bridgehead atoms. The number of carbonyl (C=O) groups excluding carboxylic acids is 1. The van der Waals surface area contributed by atoms with Crippen molar-refractivity contribution in [2.24, 2.45) is 0 Å². The highest BCUT2D eigenvalue weighted by atomic mass is 79.9. The number of hydrogen-bond donors (Lipinski definition) is 0. The lowest BCUT2D eigenvalue weighted by molar-refractivity contribution is -0.141. The number of benzene rings is 1. The van der Waals surface area contributed by atoms with Gasteiger partial charge < -0.3 is 4.74 Å². The number of carbonyl (C=O) groups is 1. The molecule has 0 unspecified atom stereocenters. The highest BCUT2D eigenvalue weighted by Crippen LogP contribution is 2.12. The van der Waals surface area contributed by atoms with Crippen LogP contribution in [0.25, 0.3) is 6.08 Å². The molecule has 0 saturated carbocycles. The molecule has 0 aliphatic rings. The third-order valence-electron chi connectivity index (χ3n) is 1.61. The van der Waals surface area contributed by atoms with Crippen LogP contribution in [0.2, 0.25) is 0 Å². The molecule has 1 aromatic rings. The Bertz CT molecular complexity index is 370. The van der Waals surface area contributed by atoms with E-state index in [4.69, 9.17) is 4.74 Å². The Labute approximate surface area is 98.1 Å². The second-order valence-corrected chi connectivity index (χ2v) is 4.29. The van der Waals surface area contributed by atoms with E-state index < -0.39 is 0 Å². The number of halogens is 1. The van der Waals surface area contributed by atoms with Gasteiger partial charge in [-0.05, 0) is 37.6 Å². The lowest BCUT2D eigenvalue weighted by Crippen LogP contribution is -2.08. The molecular formula is C12H13BrO2. The van der Waals surface area contributed by atoms with Crippen LogP contribution in [-0.2, 0) is 9.53 Å². The smallest absolute Gasteiger partial charge is 0.331 e. The lowest BCUT2D eigenvalue weighted by atomic mass is 10.2. The van der Waals surface area contributed by atoms with E-state index in [0.717, 1.165) is 10.0 Å². The molecule has 2 nitrogen and oxygen atoms in total. The third-order valence-corrected chi connectivity index (χ3v) is 2.11. The van der Waals surface area contributed by atoms with Gasteiger partial charge in [0.1, 0.15) is 0 Å². The summed E-state index contributed by atoms with van der Waals surface area (Å²) in [5.74, 6) is -0.315. The molecule has 0 atom stereocenters. The predicted octanol–water partition coefficient (Wildman–Crippen LogP) is 3.41. The molecule has 1 aromatic carbocycles. The van der Waals surface area contributed by atoms with E-state index in [-0.39, 0.29) is 12.1 Å². The maximum Gasteiger partial charge on any atom is 0.331 e. The van der Waals surface area contributed by atoms with Crippen molar-refractivity contribution in [1.29, 1.82) is 0 Å². The van der Waals surface area contributed by atoms with E-state index in [2.05, 4.69) is 15.9 Å². The fourth-order valence-corrected chi connectivity index (χ4v) is 1.46. The molecule has 0 spiro atoms. The van der Waals surface area contributed by atoms with Gasteiger partial charge in [0.15, 0.2) is 0 Å². The van der Waals surface area contributed by atoms with Crippen molar-refractivity contribution in [1.82, 2.24) is 0 Å². The quantitative estimate of drug-likeness (QED) is 0.620. The minimum Gasteiger partial charge on any atom is -0.460 e. The Hall–Kier alpha value is -1.09. The summed E-state index contributed by atoms with van der Waals surface area (Å²) >= 11 is 3.36. The molecule has 3 heteroatoms. The summed E-state index contributed by atoms with van der Waals surface area (Å²) in [6.45, 7) is 3.65. The van der Waals surface area contributed by atoms with Crippen LogP contribution in [0.3, 0.4) is 0 Å². The van der Waals surface area contributed by atoms with Crippen LogP contribution in [0.5, 0.6) is 0 Å². The average molecular weight is 269 g/mol. The lowest BCUT2D eigenvalue weighted by Gasteiger charge is -2.03. The normalized spacial score (nSPS) is 10.9. The van der Waals surface area contributed by atoms with E-state index in [1.165, 1.54) is 6.08 Å². The average Bonchev–Trinajstić information content (AvgIpc) is 2.14. The molecule has 0 heterocycles. The Morgan fingerprint density at radius 2 is 2.20 bits per heavy atom. The summed E-state index contributed by atoms with van der Waals surface area (Å²) < 4.78 is 5.95. The first kappa shape index (κ1) is 12.0. The molecule has 1 rings (SSSR count). The standard InChI is InChI=1S/C12H13BrO2/c1-9(2)15-12(14)7-6-10-4-3-5-11(13)8-10/h3-9H,1-2H3/b7-6+. The van der Waals surface area contributed by atoms with Crippen LogP contribution >= 0.6 is 15.9 Å². The number of hydrogen-bond acceptors (Lipinski definition) is 2. The van der Waals surface area contributed by atoms with Crippen molar-refractivity contribution >= 4 is 28.0 Å². The summed E-state index contributed by atoms with van der Waals surface area (Å²) in [7, 11) is 0. The molecule has 0 fully saturated rings. The van der Waals surface area contributed by atoms with E-state index in [9.17, 15) is 4.79 Å². The molecule has 0 aliphatic carbocycles. The van der Waals surface area contributed by atoms with E-state index in [0.29, 0.717) is 0 Å². The van der Waals surface area contributed by atoms with Crippen LogP contribution in [-0.4, -0.2) is 12.1 Å². The van der Waals surface area contributed by atoms with Gasteiger partial charge in [-0.3, -0.25) is 0 Å². The molecule has 0 N–H and O–H groups in total. The van der Waals surface area contributed by atoms with Gasteiger partial charge in [-0.25, -0.2) is 4.79 Å². The van der Waals surface area contributed by atoms with E-state index in [1.807, 2.05) is 38.1 Å². The van der Waals surface area contributed by atoms with Gasteiger partial charge >= 0.3 is 5.97 Å².